The number of pyridine rings is 1. The largest absolute Gasteiger partial charge is 0.462 e. The molecule has 0 aliphatic carbocycles. The average molecular weight is 618 g/mol. The summed E-state index contributed by atoms with van der Waals surface area (Å²) < 4.78 is 39.1. The first-order valence-corrected chi connectivity index (χ1v) is 15.8. The topological polar surface area (TPSA) is 140 Å². The van der Waals surface area contributed by atoms with Crippen LogP contribution in [0.5, 0.6) is 5.75 Å². The van der Waals surface area contributed by atoms with Crippen molar-refractivity contribution in [2.75, 3.05) is 18.9 Å². The first-order valence-electron chi connectivity index (χ1n) is 13.9. The van der Waals surface area contributed by atoms with Crippen molar-refractivity contribution in [2.45, 2.75) is 65.8 Å². The van der Waals surface area contributed by atoms with Gasteiger partial charge in [0.25, 0.3) is 0 Å². The lowest BCUT2D eigenvalue weighted by molar-refractivity contribution is -0.149. The first kappa shape index (κ1) is 31.7. The number of fused-ring (bicyclic) bond motifs is 3. The molecule has 42 heavy (non-hydrogen) atoms. The number of esters is 1. The highest BCUT2D eigenvalue weighted by atomic mass is 35.5. The number of para-hydroxylation sites is 1. The summed E-state index contributed by atoms with van der Waals surface area (Å²) in [7, 11) is -4.13. The lowest BCUT2D eigenvalue weighted by Crippen LogP contribution is -2.36. The van der Waals surface area contributed by atoms with Gasteiger partial charge in [-0.1, -0.05) is 36.7 Å². The number of rotatable bonds is 14. The van der Waals surface area contributed by atoms with Crippen LogP contribution in [-0.2, 0) is 30.0 Å². The maximum absolute atomic E-state index is 14.2. The van der Waals surface area contributed by atoms with E-state index in [-0.39, 0.29) is 31.1 Å². The quantitative estimate of drug-likeness (QED) is 0.120. The molecule has 0 bridgehead atoms. The number of imidazole rings is 1. The van der Waals surface area contributed by atoms with Crippen molar-refractivity contribution in [3.63, 3.8) is 0 Å². The molecule has 0 saturated carbocycles. The molecule has 0 fully saturated rings. The van der Waals surface area contributed by atoms with Gasteiger partial charge in [-0.05, 0) is 64.4 Å². The lowest BCUT2D eigenvalue weighted by atomic mass is 10.1. The van der Waals surface area contributed by atoms with Crippen molar-refractivity contribution in [1.82, 2.24) is 19.6 Å². The molecule has 2 aromatic carbocycles. The number of halogens is 1. The van der Waals surface area contributed by atoms with Crippen LogP contribution in [0.15, 0.2) is 48.5 Å². The van der Waals surface area contributed by atoms with E-state index in [9.17, 15) is 9.36 Å². The van der Waals surface area contributed by atoms with Crippen molar-refractivity contribution >= 4 is 53.1 Å². The predicted octanol–water partition coefficient (Wildman–Crippen LogP) is 6.44. The van der Waals surface area contributed by atoms with Gasteiger partial charge in [0.1, 0.15) is 29.7 Å². The Hall–Kier alpha value is -3.21. The second-order valence-corrected chi connectivity index (χ2v) is 12.1. The molecule has 0 radical (unpaired) electrons. The molecule has 4 rings (SSSR count). The van der Waals surface area contributed by atoms with Crippen LogP contribution in [0.3, 0.4) is 0 Å². The molecule has 0 spiro atoms. The molecule has 2 aromatic heterocycles. The molecule has 13 heteroatoms. The third-order valence-corrected chi connectivity index (χ3v) is 8.33. The number of benzene rings is 2. The van der Waals surface area contributed by atoms with Gasteiger partial charge in [0.15, 0.2) is 5.82 Å². The zero-order valence-corrected chi connectivity index (χ0v) is 26.0. The Morgan fingerprint density at radius 3 is 2.48 bits per heavy atom. The molecule has 226 valence electrons. The van der Waals surface area contributed by atoms with Crippen LogP contribution in [0, 0.1) is 0 Å². The number of hydrogen-bond donors (Lipinski definition) is 2. The number of nitrogens with two attached hydrogens (primary N) is 1. The zero-order valence-electron chi connectivity index (χ0n) is 24.4. The molecule has 0 amide bonds. The minimum Gasteiger partial charge on any atom is -0.462 e. The minimum absolute atomic E-state index is 0.0541. The Morgan fingerprint density at radius 2 is 1.81 bits per heavy atom. The van der Waals surface area contributed by atoms with Crippen molar-refractivity contribution < 1.29 is 27.9 Å². The van der Waals surface area contributed by atoms with Gasteiger partial charge in [0.2, 0.25) is 0 Å². The summed E-state index contributed by atoms with van der Waals surface area (Å²) in [6.45, 7) is 9.55. The number of nitrogens with zero attached hydrogens (tertiary/aromatic N) is 3. The van der Waals surface area contributed by atoms with Crippen molar-refractivity contribution in [1.29, 1.82) is 0 Å². The van der Waals surface area contributed by atoms with Crippen LogP contribution in [0.25, 0.3) is 21.9 Å². The van der Waals surface area contributed by atoms with Crippen molar-refractivity contribution in [3.05, 3.63) is 59.4 Å². The molecule has 11 nitrogen and oxygen atoms in total. The third-order valence-electron chi connectivity index (χ3n) is 6.43. The summed E-state index contributed by atoms with van der Waals surface area (Å²) in [5.74, 6) is 0.589. The zero-order chi connectivity index (χ0) is 30.4. The van der Waals surface area contributed by atoms with E-state index in [1.807, 2.05) is 42.7 Å². The first-order chi connectivity index (χ1) is 20.0. The Bertz CT molecular complexity index is 1580. The number of carbonyl (C=O) groups excluding carboxylic acids is 1. The monoisotopic (exact) mass is 617 g/mol. The van der Waals surface area contributed by atoms with Gasteiger partial charge < -0.3 is 24.3 Å². The fourth-order valence-electron chi connectivity index (χ4n) is 4.47. The average Bonchev–Trinajstić information content (AvgIpc) is 3.33. The molecule has 1 unspecified atom stereocenters. The van der Waals surface area contributed by atoms with E-state index in [0.717, 1.165) is 16.4 Å². The van der Waals surface area contributed by atoms with E-state index in [0.29, 0.717) is 35.2 Å². The van der Waals surface area contributed by atoms with Crippen LogP contribution in [0.4, 0.5) is 5.82 Å². The van der Waals surface area contributed by atoms with Crippen LogP contribution in [0.2, 0.25) is 5.02 Å². The summed E-state index contributed by atoms with van der Waals surface area (Å²) in [5, 5.41) is 4.08. The number of anilines is 1. The third kappa shape index (κ3) is 7.40. The van der Waals surface area contributed by atoms with E-state index >= 15 is 0 Å². The SMILES string of the molecule is CCOCc1nc2c(N)nc3ccccc3c2n1[C@H](CC)COP(=O)(N[C@@H](C)C(=O)OC(C)C)Oc1ccc(Cl)cc1. The second-order valence-electron chi connectivity index (χ2n) is 9.98. The van der Waals surface area contributed by atoms with Crippen molar-refractivity contribution in [3.8, 4) is 5.75 Å². The Balaban J connectivity index is 1.72. The fraction of sp³-hybridized carbons (Fsp3) is 0.414. The molecule has 2 heterocycles. The maximum atomic E-state index is 14.2. The van der Waals surface area contributed by atoms with E-state index in [2.05, 4.69) is 10.1 Å². The number of nitrogens with one attached hydrogen (secondary N) is 1. The van der Waals surface area contributed by atoms with Gasteiger partial charge in [0.05, 0.1) is 29.8 Å². The van der Waals surface area contributed by atoms with Crippen molar-refractivity contribution in [2.24, 2.45) is 0 Å². The molecule has 4 aromatic rings. The van der Waals surface area contributed by atoms with Gasteiger partial charge in [0, 0.05) is 17.0 Å². The van der Waals surface area contributed by atoms with E-state index in [1.165, 1.54) is 6.92 Å². The molecular formula is C29H37ClN5O6P. The molecule has 3 atom stereocenters. The highest BCUT2D eigenvalue weighted by molar-refractivity contribution is 7.52. The van der Waals surface area contributed by atoms with Gasteiger partial charge in [-0.25, -0.2) is 14.5 Å². The van der Waals surface area contributed by atoms with Gasteiger partial charge in [-0.3, -0.25) is 9.32 Å². The molecular weight excluding hydrogens is 581 g/mol. The lowest BCUT2D eigenvalue weighted by Gasteiger charge is -2.26. The van der Waals surface area contributed by atoms with Crippen LogP contribution >= 0.6 is 19.3 Å². The number of nitrogen functional groups attached to an aromatic ring is 1. The van der Waals surface area contributed by atoms with E-state index in [1.54, 1.807) is 38.1 Å². The summed E-state index contributed by atoms with van der Waals surface area (Å²) in [6.07, 6.45) is 0.228. The number of aromatic nitrogens is 3. The number of ether oxygens (including phenoxy) is 2. The van der Waals surface area contributed by atoms with Crippen LogP contribution < -0.4 is 15.3 Å². The summed E-state index contributed by atoms with van der Waals surface area (Å²) in [4.78, 5) is 21.9. The number of hydrogen-bond acceptors (Lipinski definition) is 9. The standard InChI is InChI=1S/C29H37ClN5O6P/c1-6-21(35-25(17-38-7-2)33-26-27(35)23-10-8-9-11-24(23)32-28(26)31)16-39-42(37,34-19(5)29(36)40-18(3)4)41-22-14-12-20(30)13-15-22/h8-15,18-19,21H,6-7,16-17H2,1-5H3,(H2,31,32)(H,34,37)/t19-,21+,42?/m0/s1. The van der Waals surface area contributed by atoms with Gasteiger partial charge in [-0.2, -0.15) is 5.09 Å². The van der Waals surface area contributed by atoms with Crippen LogP contribution in [-0.4, -0.2) is 45.9 Å². The molecule has 0 aliphatic rings. The second kappa shape index (κ2) is 13.8. The van der Waals surface area contributed by atoms with E-state index < -0.39 is 19.8 Å². The van der Waals surface area contributed by atoms with Gasteiger partial charge >= 0.3 is 13.7 Å². The molecule has 0 saturated heterocycles. The Morgan fingerprint density at radius 1 is 1.10 bits per heavy atom. The maximum Gasteiger partial charge on any atom is 0.459 e. The fourth-order valence-corrected chi connectivity index (χ4v) is 6.12. The summed E-state index contributed by atoms with van der Waals surface area (Å²) in [5.41, 5.74) is 8.39. The summed E-state index contributed by atoms with van der Waals surface area (Å²) in [6, 6.07) is 12.7. The highest BCUT2D eigenvalue weighted by Crippen LogP contribution is 2.46. The van der Waals surface area contributed by atoms with Gasteiger partial charge in [-0.15, -0.1) is 0 Å². The smallest absolute Gasteiger partial charge is 0.459 e. The van der Waals surface area contributed by atoms with E-state index in [4.69, 9.17) is 40.8 Å². The normalized spacial score (nSPS) is 14.6. The number of carbonyl (C=O) groups is 1. The highest BCUT2D eigenvalue weighted by Gasteiger charge is 2.34. The minimum atomic E-state index is -4.13. The Kier molecular flexibility index (Phi) is 10.5. The Labute approximate surface area is 250 Å². The van der Waals surface area contributed by atoms with Crippen LogP contribution in [0.1, 0.15) is 52.9 Å². The molecule has 0 aliphatic heterocycles. The molecule has 3 N–H and O–H groups in total. The predicted molar refractivity (Wildman–Crippen MR) is 164 cm³/mol. The summed E-state index contributed by atoms with van der Waals surface area (Å²) >= 11 is 6.02.